The summed E-state index contributed by atoms with van der Waals surface area (Å²) in [4.78, 5) is 13.6. The van der Waals surface area contributed by atoms with Crippen LogP contribution >= 0.6 is 11.8 Å². The Morgan fingerprint density at radius 2 is 1.62 bits per heavy atom. The van der Waals surface area contributed by atoms with E-state index < -0.39 is 0 Å². The third kappa shape index (κ3) is 4.96. The van der Waals surface area contributed by atoms with Crippen LogP contribution in [0.4, 0.5) is 4.39 Å². The number of benzene rings is 3. The number of carbonyl (C=O) groups excluding carboxylic acids is 1. The van der Waals surface area contributed by atoms with Crippen LogP contribution in [0.25, 0.3) is 0 Å². The van der Waals surface area contributed by atoms with Gasteiger partial charge in [0.05, 0.1) is 6.04 Å². The van der Waals surface area contributed by atoms with Gasteiger partial charge in [-0.25, -0.2) is 4.39 Å². The molecule has 4 heteroatoms. The lowest BCUT2D eigenvalue weighted by Crippen LogP contribution is -2.26. The van der Waals surface area contributed by atoms with Gasteiger partial charge in [-0.2, -0.15) is 0 Å². The molecule has 0 unspecified atom stereocenters. The molecule has 1 atom stereocenters. The first-order chi connectivity index (χ1) is 12.6. The molecule has 1 N–H and O–H groups in total. The molecule has 0 fully saturated rings. The Morgan fingerprint density at radius 1 is 0.962 bits per heavy atom. The lowest BCUT2D eigenvalue weighted by Gasteiger charge is -2.14. The summed E-state index contributed by atoms with van der Waals surface area (Å²) < 4.78 is 13.0. The number of hydrogen-bond acceptors (Lipinski definition) is 2. The van der Waals surface area contributed by atoms with Gasteiger partial charge >= 0.3 is 0 Å². The van der Waals surface area contributed by atoms with Crippen molar-refractivity contribution in [3.63, 3.8) is 0 Å². The van der Waals surface area contributed by atoms with Crippen molar-refractivity contribution in [2.75, 3.05) is 0 Å². The number of nitrogens with one attached hydrogen (secondary N) is 1. The van der Waals surface area contributed by atoms with Crippen LogP contribution in [0.2, 0.25) is 0 Å². The van der Waals surface area contributed by atoms with E-state index >= 15 is 0 Å². The number of halogens is 1. The molecule has 3 aromatic rings. The van der Waals surface area contributed by atoms with Crippen molar-refractivity contribution in [1.29, 1.82) is 0 Å². The van der Waals surface area contributed by atoms with E-state index in [1.165, 1.54) is 22.6 Å². The molecule has 0 aliphatic heterocycles. The molecule has 0 radical (unpaired) electrons. The van der Waals surface area contributed by atoms with Gasteiger partial charge < -0.3 is 5.32 Å². The minimum absolute atomic E-state index is 0.135. The normalized spacial score (nSPS) is 11.8. The van der Waals surface area contributed by atoms with Gasteiger partial charge in [0.15, 0.2) is 0 Å². The maximum absolute atomic E-state index is 13.0. The quantitative estimate of drug-likeness (QED) is 0.575. The average molecular weight is 365 g/mol. The topological polar surface area (TPSA) is 29.1 Å². The second-order valence-electron chi connectivity index (χ2n) is 6.05. The summed E-state index contributed by atoms with van der Waals surface area (Å²) in [7, 11) is 0. The molecule has 0 aliphatic carbocycles. The molecule has 2 nitrogen and oxygen atoms in total. The molecular weight excluding hydrogens is 345 g/mol. The van der Waals surface area contributed by atoms with E-state index in [1.807, 2.05) is 49.4 Å². The molecule has 0 saturated heterocycles. The molecule has 0 spiro atoms. The maximum atomic E-state index is 13.0. The lowest BCUT2D eigenvalue weighted by molar-refractivity contribution is 0.0940. The van der Waals surface area contributed by atoms with Crippen molar-refractivity contribution in [2.24, 2.45) is 0 Å². The van der Waals surface area contributed by atoms with Crippen molar-refractivity contribution in [3.05, 3.63) is 101 Å². The highest BCUT2D eigenvalue weighted by Crippen LogP contribution is 2.22. The standard InChI is InChI=1S/C22H20FNOS/c1-16(18-11-13-20(23)14-12-18)24-22(25)19-9-7-17(8-10-19)15-26-21-5-3-2-4-6-21/h2-14,16H,15H2,1H3,(H,24,25)/t16-/m0/s1. The zero-order valence-corrected chi connectivity index (χ0v) is 15.3. The molecular formula is C22H20FNOS. The van der Waals surface area contributed by atoms with Crippen molar-refractivity contribution in [2.45, 2.75) is 23.6 Å². The summed E-state index contributed by atoms with van der Waals surface area (Å²) in [5, 5.41) is 2.94. The van der Waals surface area contributed by atoms with Gasteiger partial charge in [0, 0.05) is 16.2 Å². The van der Waals surface area contributed by atoms with Gasteiger partial charge in [0.25, 0.3) is 5.91 Å². The summed E-state index contributed by atoms with van der Waals surface area (Å²) in [5.41, 5.74) is 2.66. The molecule has 3 rings (SSSR count). The molecule has 0 aromatic heterocycles. The molecule has 26 heavy (non-hydrogen) atoms. The van der Waals surface area contributed by atoms with Crippen molar-refractivity contribution in [1.82, 2.24) is 5.32 Å². The van der Waals surface area contributed by atoms with Gasteiger partial charge in [-0.15, -0.1) is 11.8 Å². The second kappa shape index (κ2) is 8.68. The highest BCUT2D eigenvalue weighted by Gasteiger charge is 2.11. The zero-order chi connectivity index (χ0) is 18.4. The molecule has 0 saturated carbocycles. The number of amides is 1. The lowest BCUT2D eigenvalue weighted by atomic mass is 10.1. The van der Waals surface area contributed by atoms with E-state index in [0.29, 0.717) is 5.56 Å². The van der Waals surface area contributed by atoms with Crippen LogP contribution in [0, 0.1) is 5.82 Å². The largest absolute Gasteiger partial charge is 0.346 e. The first-order valence-electron chi connectivity index (χ1n) is 8.45. The Hall–Kier alpha value is -2.59. The predicted molar refractivity (Wildman–Crippen MR) is 105 cm³/mol. The SMILES string of the molecule is C[C@H](NC(=O)c1ccc(CSc2ccccc2)cc1)c1ccc(F)cc1. The van der Waals surface area contributed by atoms with Crippen molar-refractivity contribution < 1.29 is 9.18 Å². The fourth-order valence-corrected chi connectivity index (χ4v) is 3.43. The molecule has 0 bridgehead atoms. The minimum Gasteiger partial charge on any atom is -0.346 e. The third-order valence-corrected chi connectivity index (χ3v) is 5.17. The fraction of sp³-hybridized carbons (Fsp3) is 0.136. The van der Waals surface area contributed by atoms with Crippen LogP contribution in [0.1, 0.15) is 34.5 Å². The smallest absolute Gasteiger partial charge is 0.251 e. The van der Waals surface area contributed by atoms with E-state index in [9.17, 15) is 9.18 Å². The van der Waals surface area contributed by atoms with E-state index in [-0.39, 0.29) is 17.8 Å². The maximum Gasteiger partial charge on any atom is 0.251 e. The summed E-state index contributed by atoms with van der Waals surface area (Å²) in [6.45, 7) is 1.88. The molecule has 0 heterocycles. The second-order valence-corrected chi connectivity index (χ2v) is 7.09. The van der Waals surface area contributed by atoms with Crippen LogP contribution in [-0.2, 0) is 5.75 Å². The van der Waals surface area contributed by atoms with Gasteiger partial charge in [0.1, 0.15) is 5.82 Å². The summed E-state index contributed by atoms with van der Waals surface area (Å²) in [6.07, 6.45) is 0. The van der Waals surface area contributed by atoms with Crippen molar-refractivity contribution in [3.8, 4) is 0 Å². The van der Waals surface area contributed by atoms with Gasteiger partial charge in [-0.05, 0) is 54.4 Å². The van der Waals surface area contributed by atoms with Crippen LogP contribution in [-0.4, -0.2) is 5.91 Å². The van der Waals surface area contributed by atoms with Crippen molar-refractivity contribution >= 4 is 17.7 Å². The number of rotatable bonds is 6. The van der Waals surface area contributed by atoms with Crippen LogP contribution in [0.5, 0.6) is 0 Å². The Morgan fingerprint density at radius 3 is 2.27 bits per heavy atom. The Labute approximate surface area is 157 Å². The number of hydrogen-bond donors (Lipinski definition) is 1. The van der Waals surface area contributed by atoms with Crippen LogP contribution in [0.15, 0.2) is 83.8 Å². The predicted octanol–water partition coefficient (Wildman–Crippen LogP) is 5.61. The van der Waals surface area contributed by atoms with Gasteiger partial charge in [-0.3, -0.25) is 4.79 Å². The highest BCUT2D eigenvalue weighted by atomic mass is 32.2. The summed E-state index contributed by atoms with van der Waals surface area (Å²) >= 11 is 1.77. The number of thioether (sulfide) groups is 1. The number of carbonyl (C=O) groups is 1. The minimum atomic E-state index is -0.281. The van der Waals surface area contributed by atoms with Gasteiger partial charge in [-0.1, -0.05) is 42.5 Å². The first-order valence-corrected chi connectivity index (χ1v) is 9.43. The summed E-state index contributed by atoms with van der Waals surface area (Å²) in [6, 6.07) is 23.9. The molecule has 0 aliphatic rings. The molecule has 132 valence electrons. The zero-order valence-electron chi connectivity index (χ0n) is 14.5. The Bertz CT molecular complexity index is 848. The van der Waals surface area contributed by atoms with Gasteiger partial charge in [0.2, 0.25) is 0 Å². The highest BCUT2D eigenvalue weighted by molar-refractivity contribution is 7.98. The van der Waals surface area contributed by atoms with E-state index in [1.54, 1.807) is 23.9 Å². The van der Waals surface area contributed by atoms with Crippen LogP contribution < -0.4 is 5.32 Å². The Kier molecular flexibility index (Phi) is 6.08. The average Bonchev–Trinajstić information content (AvgIpc) is 2.68. The monoisotopic (exact) mass is 365 g/mol. The van der Waals surface area contributed by atoms with E-state index in [4.69, 9.17) is 0 Å². The molecule has 1 amide bonds. The fourth-order valence-electron chi connectivity index (χ4n) is 2.55. The molecule has 3 aromatic carbocycles. The third-order valence-electron chi connectivity index (χ3n) is 4.08. The summed E-state index contributed by atoms with van der Waals surface area (Å²) in [5.74, 6) is 0.443. The van der Waals surface area contributed by atoms with Crippen LogP contribution in [0.3, 0.4) is 0 Å². The first kappa shape index (κ1) is 18.2. The van der Waals surface area contributed by atoms with E-state index in [0.717, 1.165) is 11.3 Å². The Balaban J connectivity index is 1.57. The van der Waals surface area contributed by atoms with E-state index in [2.05, 4.69) is 17.4 Å².